The summed E-state index contributed by atoms with van der Waals surface area (Å²) in [6, 6.07) is 14.3. The van der Waals surface area contributed by atoms with Crippen molar-refractivity contribution in [2.24, 2.45) is 0 Å². The van der Waals surface area contributed by atoms with Crippen molar-refractivity contribution in [3.05, 3.63) is 59.1 Å². The van der Waals surface area contributed by atoms with E-state index in [2.05, 4.69) is 10.3 Å². The Labute approximate surface area is 161 Å². The summed E-state index contributed by atoms with van der Waals surface area (Å²) in [5.74, 6) is -0.484. The Bertz CT molecular complexity index is 942. The van der Waals surface area contributed by atoms with Gasteiger partial charge in [0, 0.05) is 5.69 Å². The normalized spacial score (nSPS) is 11.2. The molecule has 3 aromatic rings. The van der Waals surface area contributed by atoms with Gasteiger partial charge in [-0.1, -0.05) is 18.2 Å². The average Bonchev–Trinajstić information content (AvgIpc) is 3.01. The third-order valence-electron chi connectivity index (χ3n) is 3.41. The van der Waals surface area contributed by atoms with E-state index >= 15 is 0 Å². The summed E-state index contributed by atoms with van der Waals surface area (Å²) in [6.45, 7) is 5.44. The van der Waals surface area contributed by atoms with E-state index in [-0.39, 0.29) is 6.61 Å². The number of carbonyl (C=O) groups is 2. The molecule has 0 spiro atoms. The number of aromatic nitrogens is 1. The lowest BCUT2D eigenvalue weighted by molar-refractivity contribution is 0.0471. The van der Waals surface area contributed by atoms with E-state index in [0.29, 0.717) is 11.3 Å². The quantitative estimate of drug-likeness (QED) is 0.641. The number of carbonyl (C=O) groups excluding carboxylic acids is 2. The molecule has 3 rings (SSSR count). The molecule has 0 atom stereocenters. The van der Waals surface area contributed by atoms with Gasteiger partial charge in [-0.25, -0.2) is 14.6 Å². The van der Waals surface area contributed by atoms with Crippen molar-refractivity contribution in [2.75, 3.05) is 5.32 Å². The number of esters is 1. The zero-order valence-corrected chi connectivity index (χ0v) is 16.1. The lowest BCUT2D eigenvalue weighted by Crippen LogP contribution is -2.27. The highest BCUT2D eigenvalue weighted by molar-refractivity contribution is 7.18. The maximum Gasteiger partial charge on any atom is 0.412 e. The number of ether oxygens (including phenoxy) is 2. The van der Waals surface area contributed by atoms with Gasteiger partial charge in [-0.2, -0.15) is 0 Å². The van der Waals surface area contributed by atoms with Crippen molar-refractivity contribution in [3.8, 4) is 0 Å². The van der Waals surface area contributed by atoms with Crippen molar-refractivity contribution in [2.45, 2.75) is 33.0 Å². The first-order valence-electron chi connectivity index (χ1n) is 8.42. The van der Waals surface area contributed by atoms with Crippen molar-refractivity contribution in [1.82, 2.24) is 4.98 Å². The van der Waals surface area contributed by atoms with Gasteiger partial charge in [0.15, 0.2) is 0 Å². The third-order valence-corrected chi connectivity index (χ3v) is 4.42. The molecule has 1 N–H and O–H groups in total. The fraction of sp³-hybridized carbons (Fsp3) is 0.250. The second-order valence-electron chi connectivity index (χ2n) is 6.86. The predicted octanol–water partition coefficient (Wildman–Crippen LogP) is 5.00. The van der Waals surface area contributed by atoms with Crippen LogP contribution < -0.4 is 5.32 Å². The summed E-state index contributed by atoms with van der Waals surface area (Å²) in [7, 11) is 0. The molecule has 0 fully saturated rings. The van der Waals surface area contributed by atoms with Crippen LogP contribution in [0, 0.1) is 0 Å². The molecular weight excluding hydrogens is 364 g/mol. The second-order valence-corrected chi connectivity index (χ2v) is 7.97. The van der Waals surface area contributed by atoms with Crippen LogP contribution in [0.15, 0.2) is 48.5 Å². The number of hydrogen-bond donors (Lipinski definition) is 1. The van der Waals surface area contributed by atoms with Crippen LogP contribution in [0.4, 0.5) is 10.5 Å². The van der Waals surface area contributed by atoms with Crippen molar-refractivity contribution >= 4 is 39.3 Å². The van der Waals surface area contributed by atoms with Gasteiger partial charge < -0.3 is 9.47 Å². The molecule has 140 valence electrons. The van der Waals surface area contributed by atoms with Crippen LogP contribution in [0.25, 0.3) is 10.2 Å². The average molecular weight is 384 g/mol. The number of anilines is 1. The summed E-state index contributed by atoms with van der Waals surface area (Å²) in [6.07, 6.45) is -0.581. The molecule has 27 heavy (non-hydrogen) atoms. The van der Waals surface area contributed by atoms with Gasteiger partial charge in [0.2, 0.25) is 0 Å². The molecule has 6 nitrogen and oxygen atoms in total. The molecule has 0 bridgehead atoms. The summed E-state index contributed by atoms with van der Waals surface area (Å²) < 4.78 is 11.6. The molecule has 1 aromatic heterocycles. The first kappa shape index (κ1) is 18.8. The number of nitrogens with one attached hydrogen (secondary N) is 1. The van der Waals surface area contributed by atoms with Crippen LogP contribution >= 0.6 is 11.3 Å². The highest BCUT2D eigenvalue weighted by Crippen LogP contribution is 2.22. The SMILES string of the molecule is CC(C)(C)OC(=O)Nc1cccc(C(=O)OCc2nc3ccccc3s2)c1. The van der Waals surface area contributed by atoms with Gasteiger partial charge in [0.05, 0.1) is 15.8 Å². The number of para-hydroxylation sites is 1. The summed E-state index contributed by atoms with van der Waals surface area (Å²) in [4.78, 5) is 28.6. The zero-order chi connectivity index (χ0) is 19.4. The van der Waals surface area contributed by atoms with Crippen LogP contribution in [-0.4, -0.2) is 22.6 Å². The van der Waals surface area contributed by atoms with Gasteiger partial charge in [-0.15, -0.1) is 11.3 Å². The van der Waals surface area contributed by atoms with Crippen LogP contribution in [0.2, 0.25) is 0 Å². The molecule has 1 heterocycles. The van der Waals surface area contributed by atoms with E-state index in [4.69, 9.17) is 9.47 Å². The molecule has 0 unspecified atom stereocenters. The van der Waals surface area contributed by atoms with E-state index < -0.39 is 17.7 Å². The molecule has 0 saturated carbocycles. The largest absolute Gasteiger partial charge is 0.455 e. The van der Waals surface area contributed by atoms with Gasteiger partial charge in [-0.3, -0.25) is 5.32 Å². The van der Waals surface area contributed by atoms with Crippen LogP contribution in [0.1, 0.15) is 36.1 Å². The van der Waals surface area contributed by atoms with Crippen molar-refractivity contribution < 1.29 is 19.1 Å². The smallest absolute Gasteiger partial charge is 0.412 e. The number of thiazole rings is 1. The minimum absolute atomic E-state index is 0.0991. The summed E-state index contributed by atoms with van der Waals surface area (Å²) in [5, 5.41) is 3.34. The Kier molecular flexibility index (Phi) is 5.41. The number of rotatable bonds is 4. The number of amides is 1. The van der Waals surface area contributed by atoms with E-state index in [9.17, 15) is 9.59 Å². The Morgan fingerprint density at radius 1 is 1.11 bits per heavy atom. The number of nitrogens with zero attached hydrogens (tertiary/aromatic N) is 1. The predicted molar refractivity (Wildman–Crippen MR) is 105 cm³/mol. The first-order valence-corrected chi connectivity index (χ1v) is 9.23. The second kappa shape index (κ2) is 7.75. The van der Waals surface area contributed by atoms with Gasteiger partial charge >= 0.3 is 12.1 Å². The fourth-order valence-corrected chi connectivity index (χ4v) is 3.22. The number of benzene rings is 2. The van der Waals surface area contributed by atoms with Gasteiger partial charge in [0.25, 0.3) is 0 Å². The first-order chi connectivity index (χ1) is 12.8. The Hall–Kier alpha value is -2.93. The van der Waals surface area contributed by atoms with Gasteiger partial charge in [0.1, 0.15) is 17.2 Å². The molecule has 7 heteroatoms. The fourth-order valence-electron chi connectivity index (χ4n) is 2.34. The van der Waals surface area contributed by atoms with E-state index in [0.717, 1.165) is 15.2 Å². The maximum absolute atomic E-state index is 12.3. The molecule has 2 aromatic carbocycles. The van der Waals surface area contributed by atoms with Crippen LogP contribution in [-0.2, 0) is 16.1 Å². The molecule has 0 aliphatic rings. The third kappa shape index (κ3) is 5.27. The minimum atomic E-state index is -0.599. The minimum Gasteiger partial charge on any atom is -0.455 e. The van der Waals surface area contributed by atoms with Crippen LogP contribution in [0.5, 0.6) is 0 Å². The molecule has 1 amide bonds. The standard InChI is InChI=1S/C20H20N2O4S/c1-20(2,3)26-19(24)21-14-8-6-7-13(11-14)18(23)25-12-17-22-15-9-4-5-10-16(15)27-17/h4-11H,12H2,1-3H3,(H,21,24). The van der Waals surface area contributed by atoms with Crippen molar-refractivity contribution in [1.29, 1.82) is 0 Å². The molecule has 0 aliphatic heterocycles. The van der Waals surface area contributed by atoms with Crippen LogP contribution in [0.3, 0.4) is 0 Å². The van der Waals surface area contributed by atoms with E-state index in [1.165, 1.54) is 11.3 Å². The lowest BCUT2D eigenvalue weighted by Gasteiger charge is -2.19. The monoisotopic (exact) mass is 384 g/mol. The van der Waals surface area contributed by atoms with E-state index in [1.807, 2.05) is 24.3 Å². The van der Waals surface area contributed by atoms with Crippen molar-refractivity contribution in [3.63, 3.8) is 0 Å². The Balaban J connectivity index is 1.62. The van der Waals surface area contributed by atoms with E-state index in [1.54, 1.807) is 45.0 Å². The summed E-state index contributed by atoms with van der Waals surface area (Å²) in [5.41, 5.74) is 1.08. The maximum atomic E-state index is 12.3. The highest BCUT2D eigenvalue weighted by atomic mass is 32.1. The topological polar surface area (TPSA) is 77.5 Å². The Morgan fingerprint density at radius 2 is 1.89 bits per heavy atom. The zero-order valence-electron chi connectivity index (χ0n) is 15.3. The lowest BCUT2D eigenvalue weighted by atomic mass is 10.2. The van der Waals surface area contributed by atoms with Gasteiger partial charge in [-0.05, 0) is 51.1 Å². The number of fused-ring (bicyclic) bond motifs is 1. The molecule has 0 radical (unpaired) electrons. The summed E-state index contributed by atoms with van der Waals surface area (Å²) >= 11 is 1.49. The molecular formula is C20H20N2O4S. The molecule has 0 aliphatic carbocycles. The molecule has 0 saturated heterocycles. The number of hydrogen-bond acceptors (Lipinski definition) is 6. The highest BCUT2D eigenvalue weighted by Gasteiger charge is 2.17. The Morgan fingerprint density at radius 3 is 2.63 bits per heavy atom.